The van der Waals surface area contributed by atoms with Crippen molar-refractivity contribution in [3.63, 3.8) is 0 Å². The highest BCUT2D eigenvalue weighted by Gasteiger charge is 2.13. The molecule has 16 heavy (non-hydrogen) atoms. The van der Waals surface area contributed by atoms with Crippen molar-refractivity contribution in [1.29, 1.82) is 0 Å². The van der Waals surface area contributed by atoms with Crippen LogP contribution in [0.2, 0.25) is 0 Å². The molecule has 4 nitrogen and oxygen atoms in total. The molecule has 2 rings (SSSR count). The Labute approximate surface area is 95.1 Å². The smallest absolute Gasteiger partial charge is 0.0954 e. The molecule has 2 N–H and O–H groups in total. The Balaban J connectivity index is 2.34. The summed E-state index contributed by atoms with van der Waals surface area (Å²) in [6.45, 7) is 4.09. The van der Waals surface area contributed by atoms with Gasteiger partial charge in [-0.3, -0.25) is 4.98 Å². The number of nitrogens with two attached hydrogens (primary N) is 1. The third-order valence-electron chi connectivity index (χ3n) is 2.77. The van der Waals surface area contributed by atoms with Crippen molar-refractivity contribution in [1.82, 2.24) is 14.5 Å². The minimum atomic E-state index is -0.00760. The molecule has 0 saturated heterocycles. The van der Waals surface area contributed by atoms with Gasteiger partial charge in [0, 0.05) is 24.6 Å². The second-order valence-electron chi connectivity index (χ2n) is 3.97. The number of pyridine rings is 1. The van der Waals surface area contributed by atoms with Crippen molar-refractivity contribution < 1.29 is 0 Å². The van der Waals surface area contributed by atoms with Crippen LogP contribution in [-0.4, -0.2) is 14.5 Å². The molecule has 0 aliphatic rings. The van der Waals surface area contributed by atoms with Crippen molar-refractivity contribution in [3.8, 4) is 0 Å². The predicted octanol–water partition coefficient (Wildman–Crippen LogP) is 1.91. The molecule has 0 radical (unpaired) electrons. The fraction of sp³-hybridized carbons (Fsp3) is 0.333. The zero-order valence-corrected chi connectivity index (χ0v) is 9.54. The summed E-state index contributed by atoms with van der Waals surface area (Å²) in [5.41, 5.74) is 8.15. The van der Waals surface area contributed by atoms with E-state index in [4.69, 9.17) is 5.73 Å². The Hall–Kier alpha value is -1.68. The summed E-state index contributed by atoms with van der Waals surface area (Å²) in [5.74, 6) is 0. The van der Waals surface area contributed by atoms with Crippen molar-refractivity contribution in [2.45, 2.75) is 25.9 Å². The summed E-state index contributed by atoms with van der Waals surface area (Å²) in [5, 5.41) is 0. The van der Waals surface area contributed by atoms with Crippen LogP contribution in [0.1, 0.15) is 37.2 Å². The van der Waals surface area contributed by atoms with Crippen molar-refractivity contribution in [2.75, 3.05) is 0 Å². The average molecular weight is 216 g/mol. The van der Waals surface area contributed by atoms with E-state index >= 15 is 0 Å². The van der Waals surface area contributed by atoms with Crippen LogP contribution < -0.4 is 5.73 Å². The molecule has 0 fully saturated rings. The van der Waals surface area contributed by atoms with E-state index < -0.39 is 0 Å². The third-order valence-corrected chi connectivity index (χ3v) is 2.77. The highest BCUT2D eigenvalue weighted by Crippen LogP contribution is 2.21. The maximum absolute atomic E-state index is 5.90. The average Bonchev–Trinajstić information content (AvgIpc) is 2.78. The van der Waals surface area contributed by atoms with E-state index in [1.54, 1.807) is 12.4 Å². The summed E-state index contributed by atoms with van der Waals surface area (Å²) in [6.07, 6.45) is 7.24. The lowest BCUT2D eigenvalue weighted by atomic mass is 10.1. The van der Waals surface area contributed by atoms with Crippen molar-refractivity contribution >= 4 is 0 Å². The zero-order chi connectivity index (χ0) is 11.5. The van der Waals surface area contributed by atoms with Gasteiger partial charge in [-0.25, -0.2) is 4.98 Å². The number of nitrogens with zero attached hydrogens (tertiary/aromatic N) is 3. The van der Waals surface area contributed by atoms with Gasteiger partial charge in [-0.15, -0.1) is 0 Å². The molecule has 84 valence electrons. The van der Waals surface area contributed by atoms with Crippen molar-refractivity contribution in [3.05, 3.63) is 48.3 Å². The van der Waals surface area contributed by atoms with Crippen LogP contribution in [0.15, 0.2) is 37.1 Å². The Bertz CT molecular complexity index is 447. The normalized spacial score (nSPS) is 14.7. The highest BCUT2D eigenvalue weighted by atomic mass is 15.1. The summed E-state index contributed by atoms with van der Waals surface area (Å²) >= 11 is 0. The minimum Gasteiger partial charge on any atom is -0.326 e. The Morgan fingerprint density at radius 2 is 1.88 bits per heavy atom. The van der Waals surface area contributed by atoms with E-state index in [-0.39, 0.29) is 12.1 Å². The summed E-state index contributed by atoms with van der Waals surface area (Å²) in [7, 11) is 0. The van der Waals surface area contributed by atoms with Gasteiger partial charge < -0.3 is 10.3 Å². The molecule has 0 aliphatic heterocycles. The molecule has 1 unspecified atom stereocenters. The fourth-order valence-electron chi connectivity index (χ4n) is 1.79. The van der Waals surface area contributed by atoms with Crippen LogP contribution >= 0.6 is 0 Å². The van der Waals surface area contributed by atoms with Crippen LogP contribution in [0.4, 0.5) is 0 Å². The maximum atomic E-state index is 5.90. The van der Waals surface area contributed by atoms with Crippen LogP contribution in [0, 0.1) is 0 Å². The number of hydrogen-bond donors (Lipinski definition) is 1. The van der Waals surface area contributed by atoms with E-state index in [0.29, 0.717) is 0 Å². The molecular weight excluding hydrogens is 200 g/mol. The topological polar surface area (TPSA) is 56.7 Å². The van der Waals surface area contributed by atoms with Gasteiger partial charge in [-0.2, -0.15) is 0 Å². The minimum absolute atomic E-state index is 0.00760. The van der Waals surface area contributed by atoms with Crippen LogP contribution in [0.3, 0.4) is 0 Å². The van der Waals surface area contributed by atoms with Gasteiger partial charge >= 0.3 is 0 Å². The van der Waals surface area contributed by atoms with Gasteiger partial charge in [-0.05, 0) is 31.5 Å². The van der Waals surface area contributed by atoms with E-state index in [2.05, 4.69) is 21.5 Å². The molecule has 0 saturated carbocycles. The quantitative estimate of drug-likeness (QED) is 0.852. The molecule has 0 aromatic carbocycles. The molecule has 0 aliphatic carbocycles. The first-order chi connectivity index (χ1) is 7.70. The van der Waals surface area contributed by atoms with Gasteiger partial charge in [0.05, 0.1) is 18.1 Å². The molecular formula is C12H16N4. The molecule has 2 heterocycles. The highest BCUT2D eigenvalue weighted by molar-refractivity contribution is 5.18. The van der Waals surface area contributed by atoms with E-state index in [1.807, 2.05) is 31.6 Å². The number of imidazole rings is 1. The van der Waals surface area contributed by atoms with Gasteiger partial charge in [0.1, 0.15) is 0 Å². The third kappa shape index (κ3) is 1.97. The van der Waals surface area contributed by atoms with Gasteiger partial charge in [0.15, 0.2) is 0 Å². The number of hydrogen-bond acceptors (Lipinski definition) is 3. The SMILES string of the molecule is CC(c1ccncc1)n1cncc1[C@H](C)N. The maximum Gasteiger partial charge on any atom is 0.0954 e. The molecule has 0 amide bonds. The first kappa shape index (κ1) is 10.8. The van der Waals surface area contributed by atoms with Gasteiger partial charge in [-0.1, -0.05) is 0 Å². The lowest BCUT2D eigenvalue weighted by Crippen LogP contribution is -2.15. The van der Waals surface area contributed by atoms with Crippen LogP contribution in [-0.2, 0) is 0 Å². The second-order valence-corrected chi connectivity index (χ2v) is 3.97. The van der Waals surface area contributed by atoms with Gasteiger partial charge in [0.2, 0.25) is 0 Å². The van der Waals surface area contributed by atoms with Crippen LogP contribution in [0.5, 0.6) is 0 Å². The second kappa shape index (κ2) is 4.45. The Morgan fingerprint density at radius 3 is 2.50 bits per heavy atom. The summed E-state index contributed by atoms with van der Waals surface area (Å²) in [4.78, 5) is 8.17. The Kier molecular flexibility index (Phi) is 3.01. The molecule has 2 aromatic rings. The molecule has 2 aromatic heterocycles. The first-order valence-corrected chi connectivity index (χ1v) is 5.37. The molecule has 0 bridgehead atoms. The molecule has 4 heteroatoms. The number of rotatable bonds is 3. The lowest BCUT2D eigenvalue weighted by molar-refractivity contribution is 0.581. The first-order valence-electron chi connectivity index (χ1n) is 5.37. The lowest BCUT2D eigenvalue weighted by Gasteiger charge is -2.18. The summed E-state index contributed by atoms with van der Waals surface area (Å²) < 4.78 is 2.10. The van der Waals surface area contributed by atoms with E-state index in [0.717, 1.165) is 5.69 Å². The molecule has 0 spiro atoms. The zero-order valence-electron chi connectivity index (χ0n) is 9.54. The monoisotopic (exact) mass is 216 g/mol. The largest absolute Gasteiger partial charge is 0.326 e. The number of aromatic nitrogens is 3. The Morgan fingerprint density at radius 1 is 1.19 bits per heavy atom. The van der Waals surface area contributed by atoms with Crippen molar-refractivity contribution in [2.24, 2.45) is 5.73 Å². The van der Waals surface area contributed by atoms with Crippen LogP contribution in [0.25, 0.3) is 0 Å². The van der Waals surface area contributed by atoms with E-state index in [1.165, 1.54) is 5.56 Å². The van der Waals surface area contributed by atoms with E-state index in [9.17, 15) is 0 Å². The summed E-state index contributed by atoms with van der Waals surface area (Å²) in [6, 6.07) is 4.24. The van der Waals surface area contributed by atoms with Gasteiger partial charge in [0.25, 0.3) is 0 Å². The molecule has 2 atom stereocenters. The fourth-order valence-corrected chi connectivity index (χ4v) is 1.79. The predicted molar refractivity (Wildman–Crippen MR) is 62.9 cm³/mol. The standard InChI is InChI=1S/C12H16N4/c1-9(13)12-7-15-8-16(12)10(2)11-3-5-14-6-4-11/h3-10H,13H2,1-2H3/t9-,10?/m0/s1.